The fourth-order valence-electron chi connectivity index (χ4n) is 2.82. The van der Waals surface area contributed by atoms with E-state index in [1.807, 2.05) is 32.6 Å². The maximum Gasteiger partial charge on any atom is 0.410 e. The number of carbonyl (C=O) groups is 2. The highest BCUT2D eigenvalue weighted by Crippen LogP contribution is 2.21. The van der Waals surface area contributed by atoms with Crippen LogP contribution in [0.2, 0.25) is 5.15 Å². The third kappa shape index (κ3) is 6.25. The van der Waals surface area contributed by atoms with Gasteiger partial charge in [-0.05, 0) is 39.8 Å². The molecule has 2 heterocycles. The van der Waals surface area contributed by atoms with E-state index in [0.717, 1.165) is 0 Å². The van der Waals surface area contributed by atoms with Crippen molar-refractivity contribution < 1.29 is 14.3 Å². The molecule has 150 valence electrons. The predicted octanol–water partition coefficient (Wildman–Crippen LogP) is 2.66. The molecule has 1 aromatic heterocycles. The molecule has 0 spiro atoms. The van der Waals surface area contributed by atoms with Crippen molar-refractivity contribution in [2.24, 2.45) is 0 Å². The lowest BCUT2D eigenvalue weighted by atomic mass is 10.2. The Kier molecular flexibility index (Phi) is 6.89. The average molecular weight is 398 g/mol. The number of amides is 2. The maximum absolute atomic E-state index is 12.4. The van der Waals surface area contributed by atoms with E-state index in [1.165, 1.54) is 0 Å². The molecule has 1 aromatic rings. The summed E-state index contributed by atoms with van der Waals surface area (Å²) in [6, 6.07) is 3.38. The summed E-state index contributed by atoms with van der Waals surface area (Å²) in [6.45, 7) is 9.41. The summed E-state index contributed by atoms with van der Waals surface area (Å²) in [6.07, 6.45) is -0.315. The normalized spacial score (nSPS) is 18.1. The molecule has 0 aliphatic carbocycles. The van der Waals surface area contributed by atoms with Gasteiger partial charge in [0.1, 0.15) is 10.8 Å². The molecule has 2 amide bonds. The summed E-state index contributed by atoms with van der Waals surface area (Å²) in [7, 11) is 1.71. The molecular formula is C18H28ClN5O3. The summed E-state index contributed by atoms with van der Waals surface area (Å²) in [5.41, 5.74) is 0.0570. The molecule has 2 N–H and O–H groups in total. The summed E-state index contributed by atoms with van der Waals surface area (Å²) in [5, 5.41) is 6.11. The second kappa shape index (κ2) is 8.75. The Bertz CT molecular complexity index is 692. The first-order chi connectivity index (χ1) is 12.6. The standard InChI is InChI=1S/C18H28ClN5O3/c1-12-10-24(17(26)27-18(2,3)4)9-8-23(12)11-15(25)21-13-6-7-14(19)22-16(13)20-5/h6-7,12H,8-11H2,1-5H3,(H,20,22)(H,21,25)/t12-/m0/s1. The third-order valence-electron chi connectivity index (χ3n) is 4.14. The van der Waals surface area contributed by atoms with Crippen LogP contribution in [0.3, 0.4) is 0 Å². The Morgan fingerprint density at radius 3 is 2.63 bits per heavy atom. The number of hydrogen-bond donors (Lipinski definition) is 2. The first-order valence-electron chi connectivity index (χ1n) is 8.95. The Balaban J connectivity index is 1.90. The van der Waals surface area contributed by atoms with Gasteiger partial charge in [-0.25, -0.2) is 9.78 Å². The lowest BCUT2D eigenvalue weighted by Gasteiger charge is -2.39. The molecular weight excluding hydrogens is 370 g/mol. The van der Waals surface area contributed by atoms with Gasteiger partial charge in [0.05, 0.1) is 12.2 Å². The summed E-state index contributed by atoms with van der Waals surface area (Å²) in [4.78, 5) is 32.5. The van der Waals surface area contributed by atoms with E-state index in [1.54, 1.807) is 24.1 Å². The van der Waals surface area contributed by atoms with Crippen molar-refractivity contribution in [1.29, 1.82) is 0 Å². The van der Waals surface area contributed by atoms with Gasteiger partial charge in [-0.2, -0.15) is 0 Å². The van der Waals surface area contributed by atoms with Crippen LogP contribution in [-0.2, 0) is 9.53 Å². The molecule has 1 saturated heterocycles. The van der Waals surface area contributed by atoms with Gasteiger partial charge >= 0.3 is 6.09 Å². The largest absolute Gasteiger partial charge is 0.444 e. The number of rotatable bonds is 4. The van der Waals surface area contributed by atoms with E-state index < -0.39 is 5.60 Å². The Morgan fingerprint density at radius 1 is 1.33 bits per heavy atom. The topological polar surface area (TPSA) is 86.8 Å². The summed E-state index contributed by atoms with van der Waals surface area (Å²) < 4.78 is 5.42. The minimum absolute atomic E-state index is 0.0455. The highest BCUT2D eigenvalue weighted by molar-refractivity contribution is 6.29. The van der Waals surface area contributed by atoms with Gasteiger partial charge in [0.25, 0.3) is 0 Å². The van der Waals surface area contributed by atoms with Gasteiger partial charge in [0, 0.05) is 32.7 Å². The predicted molar refractivity (Wildman–Crippen MR) is 106 cm³/mol. The minimum Gasteiger partial charge on any atom is -0.444 e. The van der Waals surface area contributed by atoms with Crippen molar-refractivity contribution >= 4 is 35.1 Å². The van der Waals surface area contributed by atoms with Crippen molar-refractivity contribution in [3.05, 3.63) is 17.3 Å². The molecule has 8 nitrogen and oxygen atoms in total. The van der Waals surface area contributed by atoms with Crippen LogP contribution in [0.15, 0.2) is 12.1 Å². The average Bonchev–Trinajstić information content (AvgIpc) is 2.56. The summed E-state index contributed by atoms with van der Waals surface area (Å²) >= 11 is 5.87. The number of halogens is 1. The second-order valence-corrected chi connectivity index (χ2v) is 7.96. The van der Waals surface area contributed by atoms with Crippen molar-refractivity contribution in [3.63, 3.8) is 0 Å². The molecule has 1 aliphatic rings. The number of anilines is 2. The van der Waals surface area contributed by atoms with Crippen molar-refractivity contribution in [2.75, 3.05) is 43.9 Å². The van der Waals surface area contributed by atoms with Gasteiger partial charge in [-0.3, -0.25) is 9.69 Å². The molecule has 0 saturated carbocycles. The highest BCUT2D eigenvalue weighted by Gasteiger charge is 2.30. The number of carbonyl (C=O) groups excluding carboxylic acids is 2. The first-order valence-corrected chi connectivity index (χ1v) is 9.33. The van der Waals surface area contributed by atoms with Crippen LogP contribution in [0.5, 0.6) is 0 Å². The SMILES string of the molecule is CNc1nc(Cl)ccc1NC(=O)CN1CCN(C(=O)OC(C)(C)C)C[C@@H]1C. The smallest absolute Gasteiger partial charge is 0.410 e. The van der Waals surface area contributed by atoms with E-state index in [0.29, 0.717) is 36.3 Å². The fourth-order valence-corrected chi connectivity index (χ4v) is 2.97. The Morgan fingerprint density at radius 2 is 2.04 bits per heavy atom. The van der Waals surface area contributed by atoms with E-state index in [4.69, 9.17) is 16.3 Å². The molecule has 0 aromatic carbocycles. The Labute approximate surface area is 165 Å². The zero-order chi connectivity index (χ0) is 20.2. The monoisotopic (exact) mass is 397 g/mol. The zero-order valence-electron chi connectivity index (χ0n) is 16.5. The van der Waals surface area contributed by atoms with E-state index >= 15 is 0 Å². The number of piperazine rings is 1. The minimum atomic E-state index is -0.519. The van der Waals surface area contributed by atoms with Gasteiger partial charge < -0.3 is 20.3 Å². The van der Waals surface area contributed by atoms with Crippen LogP contribution in [0.1, 0.15) is 27.7 Å². The number of pyridine rings is 1. The van der Waals surface area contributed by atoms with E-state index in [9.17, 15) is 9.59 Å². The number of nitrogens with one attached hydrogen (secondary N) is 2. The number of ether oxygens (including phenoxy) is 1. The van der Waals surface area contributed by atoms with Crippen LogP contribution in [-0.4, -0.2) is 71.7 Å². The lowest BCUT2D eigenvalue weighted by molar-refractivity contribution is -0.118. The van der Waals surface area contributed by atoms with Crippen LogP contribution in [0.25, 0.3) is 0 Å². The van der Waals surface area contributed by atoms with Crippen LogP contribution in [0.4, 0.5) is 16.3 Å². The van der Waals surface area contributed by atoms with Gasteiger partial charge in [0.15, 0.2) is 5.82 Å². The van der Waals surface area contributed by atoms with Gasteiger partial charge in [0.2, 0.25) is 5.91 Å². The van der Waals surface area contributed by atoms with Crippen molar-refractivity contribution in [3.8, 4) is 0 Å². The Hall–Kier alpha value is -2.06. The quantitative estimate of drug-likeness (QED) is 0.759. The number of aromatic nitrogens is 1. The van der Waals surface area contributed by atoms with Crippen molar-refractivity contribution in [2.45, 2.75) is 39.3 Å². The molecule has 27 heavy (non-hydrogen) atoms. The molecule has 1 fully saturated rings. The van der Waals surface area contributed by atoms with Crippen LogP contribution in [0, 0.1) is 0 Å². The molecule has 0 radical (unpaired) electrons. The van der Waals surface area contributed by atoms with Gasteiger partial charge in [-0.15, -0.1) is 0 Å². The van der Waals surface area contributed by atoms with Crippen molar-refractivity contribution in [1.82, 2.24) is 14.8 Å². The zero-order valence-corrected chi connectivity index (χ0v) is 17.3. The summed E-state index contributed by atoms with van der Waals surface area (Å²) in [5.74, 6) is 0.367. The fraction of sp³-hybridized carbons (Fsp3) is 0.611. The van der Waals surface area contributed by atoms with E-state index in [-0.39, 0.29) is 24.6 Å². The molecule has 2 rings (SSSR count). The maximum atomic E-state index is 12.4. The van der Waals surface area contributed by atoms with E-state index in [2.05, 4.69) is 15.6 Å². The molecule has 9 heteroatoms. The second-order valence-electron chi connectivity index (χ2n) is 7.57. The molecule has 1 atom stereocenters. The molecule has 0 unspecified atom stereocenters. The molecule has 1 aliphatic heterocycles. The lowest BCUT2D eigenvalue weighted by Crippen LogP contribution is -2.55. The third-order valence-corrected chi connectivity index (χ3v) is 4.35. The van der Waals surface area contributed by atoms with Crippen LogP contribution < -0.4 is 10.6 Å². The van der Waals surface area contributed by atoms with Gasteiger partial charge in [-0.1, -0.05) is 11.6 Å². The highest BCUT2D eigenvalue weighted by atomic mass is 35.5. The molecule has 0 bridgehead atoms. The van der Waals surface area contributed by atoms with Crippen LogP contribution >= 0.6 is 11.6 Å². The first kappa shape index (κ1) is 21.2. The number of hydrogen-bond acceptors (Lipinski definition) is 6. The number of nitrogens with zero attached hydrogens (tertiary/aromatic N) is 3.